The number of nitro groups is 1. The number of carbonyl (C=O) groups excluding carboxylic acids is 3. The monoisotopic (exact) mass is 684 g/mol. The number of anilines is 2. The predicted molar refractivity (Wildman–Crippen MR) is 160 cm³/mol. The molecule has 4 rings (SSSR count). The summed E-state index contributed by atoms with van der Waals surface area (Å²) >= 11 is 17.5. The fraction of sp³-hybridized carbons (Fsp3) is 0.0357. The normalized spacial score (nSPS) is 10.6. The molecule has 0 saturated heterocycles. The van der Waals surface area contributed by atoms with Crippen molar-refractivity contribution in [2.24, 2.45) is 5.73 Å². The van der Waals surface area contributed by atoms with Crippen LogP contribution in [-0.2, 0) is 6.18 Å². The first-order chi connectivity index (χ1) is 21.0. The number of hydrogen-bond acceptors (Lipinski definition) is 7. The first-order valence-corrected chi connectivity index (χ1v) is 13.2. The third-order valence-electron chi connectivity index (χ3n) is 5.48. The van der Waals surface area contributed by atoms with Gasteiger partial charge in [-0.1, -0.05) is 34.8 Å². The number of primary amides is 1. The lowest BCUT2D eigenvalue weighted by atomic mass is 10.1. The molecule has 0 bridgehead atoms. The van der Waals surface area contributed by atoms with Crippen molar-refractivity contribution >= 4 is 69.8 Å². The third kappa shape index (κ3) is 9.72. The van der Waals surface area contributed by atoms with Crippen LogP contribution in [-0.4, -0.2) is 27.9 Å². The van der Waals surface area contributed by atoms with Crippen LogP contribution in [0.2, 0.25) is 15.1 Å². The first kappa shape index (κ1) is 34.4. The van der Waals surface area contributed by atoms with E-state index < -0.39 is 34.6 Å². The van der Waals surface area contributed by atoms with Gasteiger partial charge in [-0.3, -0.25) is 19.7 Å². The van der Waals surface area contributed by atoms with Gasteiger partial charge in [0, 0.05) is 27.9 Å². The molecule has 0 heterocycles. The number of phenols is 1. The minimum Gasteiger partial charge on any atom is -0.507 e. The molecule has 4 aromatic rings. The van der Waals surface area contributed by atoms with E-state index in [0.29, 0.717) is 0 Å². The Hall–Kier alpha value is -5.05. The van der Waals surface area contributed by atoms with Gasteiger partial charge in [0.15, 0.2) is 0 Å². The van der Waals surface area contributed by atoms with Crippen molar-refractivity contribution in [1.29, 1.82) is 0 Å². The highest BCUT2D eigenvalue weighted by Gasteiger charge is 2.30. The van der Waals surface area contributed by atoms with E-state index in [-0.39, 0.29) is 54.8 Å². The van der Waals surface area contributed by atoms with E-state index in [4.69, 9.17) is 45.3 Å². The van der Waals surface area contributed by atoms with E-state index in [2.05, 4.69) is 10.6 Å². The van der Waals surface area contributed by atoms with Crippen LogP contribution in [0.25, 0.3) is 0 Å². The SMILES string of the molecule is NC(=O)Oc1ccc(Cl)cc1C(=O)Nc1ccc([N+](=O)[O-])cc1Cl.O=C(Nc1ccc(C(F)(F)F)cc1)c1cc(Cl)ccc1O. The fourth-order valence-corrected chi connectivity index (χ4v) is 3.98. The summed E-state index contributed by atoms with van der Waals surface area (Å²) < 4.78 is 42.0. The zero-order valence-electron chi connectivity index (χ0n) is 22.2. The van der Waals surface area contributed by atoms with Gasteiger partial charge in [-0.15, -0.1) is 0 Å². The van der Waals surface area contributed by atoms with Gasteiger partial charge in [0.25, 0.3) is 17.5 Å². The number of rotatable bonds is 6. The summed E-state index contributed by atoms with van der Waals surface area (Å²) in [6, 6.07) is 15.4. The number of ether oxygens (including phenoxy) is 1. The highest BCUT2D eigenvalue weighted by Crippen LogP contribution is 2.31. The maximum absolute atomic E-state index is 12.4. The molecule has 0 aliphatic rings. The maximum atomic E-state index is 12.4. The molecule has 0 radical (unpaired) electrons. The number of benzene rings is 4. The second-order valence-electron chi connectivity index (χ2n) is 8.63. The van der Waals surface area contributed by atoms with Gasteiger partial charge in [-0.05, 0) is 66.7 Å². The lowest BCUT2D eigenvalue weighted by molar-refractivity contribution is -0.384. The topological polar surface area (TPSA) is 174 Å². The quantitative estimate of drug-likeness (QED) is 0.118. The Morgan fingerprint density at radius 3 is 1.96 bits per heavy atom. The summed E-state index contributed by atoms with van der Waals surface area (Å²) in [5.41, 5.74) is 4.09. The van der Waals surface area contributed by atoms with Gasteiger partial charge in [-0.25, -0.2) is 4.79 Å². The van der Waals surface area contributed by atoms with Gasteiger partial charge in [0.05, 0.1) is 32.3 Å². The van der Waals surface area contributed by atoms with Gasteiger partial charge >= 0.3 is 12.3 Å². The molecule has 0 spiro atoms. The Balaban J connectivity index is 0.000000248. The van der Waals surface area contributed by atoms with Crippen molar-refractivity contribution in [2.75, 3.05) is 10.6 Å². The number of hydrogen-bond donors (Lipinski definition) is 4. The molecular formula is C28H18Cl3F3N4O7. The van der Waals surface area contributed by atoms with Crippen LogP contribution in [0.3, 0.4) is 0 Å². The van der Waals surface area contributed by atoms with E-state index in [9.17, 15) is 42.8 Å². The van der Waals surface area contributed by atoms with Crippen LogP contribution in [0.15, 0.2) is 78.9 Å². The summed E-state index contributed by atoms with van der Waals surface area (Å²) in [6.45, 7) is 0. The Kier molecular flexibility index (Phi) is 11.2. The van der Waals surface area contributed by atoms with Crippen LogP contribution in [0.5, 0.6) is 11.5 Å². The smallest absolute Gasteiger partial charge is 0.416 e. The number of alkyl halides is 3. The molecule has 5 N–H and O–H groups in total. The van der Waals surface area contributed by atoms with E-state index in [0.717, 1.165) is 30.3 Å². The van der Waals surface area contributed by atoms with E-state index in [1.54, 1.807) is 0 Å². The number of carbonyl (C=O) groups is 3. The number of phenolic OH excluding ortho intramolecular Hbond substituents is 1. The Morgan fingerprint density at radius 2 is 1.40 bits per heavy atom. The van der Waals surface area contributed by atoms with Gasteiger partial charge < -0.3 is 26.2 Å². The molecule has 0 unspecified atom stereocenters. The largest absolute Gasteiger partial charge is 0.507 e. The molecular weight excluding hydrogens is 668 g/mol. The molecule has 17 heteroatoms. The molecule has 0 aliphatic heterocycles. The number of halogens is 6. The molecule has 0 atom stereocenters. The first-order valence-electron chi connectivity index (χ1n) is 12.0. The van der Waals surface area contributed by atoms with Crippen molar-refractivity contribution in [3.63, 3.8) is 0 Å². The molecule has 0 saturated carbocycles. The highest BCUT2D eigenvalue weighted by atomic mass is 35.5. The number of nitrogens with two attached hydrogens (primary N) is 1. The molecule has 0 aromatic heterocycles. The van der Waals surface area contributed by atoms with E-state index >= 15 is 0 Å². The maximum Gasteiger partial charge on any atom is 0.416 e. The summed E-state index contributed by atoms with van der Waals surface area (Å²) in [6.07, 6.45) is -5.53. The zero-order valence-corrected chi connectivity index (χ0v) is 24.5. The molecule has 11 nitrogen and oxygen atoms in total. The minimum atomic E-state index is -4.44. The summed E-state index contributed by atoms with van der Waals surface area (Å²) in [5, 5.41) is 25.5. The highest BCUT2D eigenvalue weighted by molar-refractivity contribution is 6.34. The van der Waals surface area contributed by atoms with Crippen LogP contribution in [0, 0.1) is 10.1 Å². The average molecular weight is 686 g/mol. The standard InChI is InChI=1S/C14H9Cl2N3O5.C14H9ClF3NO2/c15-7-1-4-12(24-14(17)21)9(5-7)13(20)18-11-3-2-8(19(22)23)6-10(11)16;15-9-3-6-12(20)11(7-9)13(21)19-10-4-1-8(2-5-10)14(16,17)18/h1-6H,(H2,17,21)(H,18,20);1-7,20H,(H,19,21). The summed E-state index contributed by atoms with van der Waals surface area (Å²) in [5.74, 6) is -1.73. The van der Waals surface area contributed by atoms with Crippen molar-refractivity contribution in [1.82, 2.24) is 0 Å². The zero-order chi connectivity index (χ0) is 33.5. The van der Waals surface area contributed by atoms with Crippen molar-refractivity contribution in [3.05, 3.63) is 121 Å². The lowest BCUT2D eigenvalue weighted by Gasteiger charge is -2.11. The van der Waals surface area contributed by atoms with E-state index in [1.165, 1.54) is 48.5 Å². The minimum absolute atomic E-state index is 0.0306. The average Bonchev–Trinajstić information content (AvgIpc) is 2.96. The number of aromatic hydroxyl groups is 1. The Morgan fingerprint density at radius 1 is 0.822 bits per heavy atom. The summed E-state index contributed by atoms with van der Waals surface area (Å²) in [4.78, 5) is 45.2. The number of non-ortho nitro benzene ring substituents is 1. The molecule has 234 valence electrons. The Labute approximate surface area is 266 Å². The fourth-order valence-electron chi connectivity index (χ4n) is 3.42. The number of amides is 3. The number of nitrogens with zero attached hydrogens (tertiary/aromatic N) is 1. The second-order valence-corrected chi connectivity index (χ2v) is 9.91. The lowest BCUT2D eigenvalue weighted by Crippen LogP contribution is -2.20. The Bertz CT molecular complexity index is 1770. The van der Waals surface area contributed by atoms with Crippen LogP contribution in [0.1, 0.15) is 26.3 Å². The number of nitrogens with one attached hydrogen (secondary N) is 2. The van der Waals surface area contributed by atoms with Crippen LogP contribution >= 0.6 is 34.8 Å². The molecule has 3 amide bonds. The summed E-state index contributed by atoms with van der Waals surface area (Å²) in [7, 11) is 0. The number of nitro benzene ring substituents is 1. The second kappa shape index (κ2) is 14.6. The molecule has 0 fully saturated rings. The molecule has 4 aromatic carbocycles. The van der Waals surface area contributed by atoms with Gasteiger partial charge in [0.2, 0.25) is 0 Å². The molecule has 0 aliphatic carbocycles. The van der Waals surface area contributed by atoms with Crippen LogP contribution < -0.4 is 21.1 Å². The molecule has 45 heavy (non-hydrogen) atoms. The van der Waals surface area contributed by atoms with E-state index in [1.807, 2.05) is 0 Å². The van der Waals surface area contributed by atoms with Crippen molar-refractivity contribution in [3.8, 4) is 11.5 Å². The van der Waals surface area contributed by atoms with Gasteiger partial charge in [0.1, 0.15) is 11.5 Å². The van der Waals surface area contributed by atoms with Crippen molar-refractivity contribution < 1.29 is 42.3 Å². The third-order valence-corrected chi connectivity index (χ3v) is 6.26. The van der Waals surface area contributed by atoms with Crippen molar-refractivity contribution in [2.45, 2.75) is 6.18 Å². The predicted octanol–water partition coefficient (Wildman–Crippen LogP) is 7.93. The van der Waals surface area contributed by atoms with Gasteiger partial charge in [-0.2, -0.15) is 13.2 Å². The van der Waals surface area contributed by atoms with Crippen LogP contribution in [0.4, 0.5) is 35.0 Å².